The van der Waals surface area contributed by atoms with Crippen LogP contribution in [-0.4, -0.2) is 70.7 Å². The van der Waals surface area contributed by atoms with Gasteiger partial charge in [-0.1, -0.05) is 5.16 Å². The van der Waals surface area contributed by atoms with Gasteiger partial charge in [-0.25, -0.2) is 17.7 Å². The first-order valence-electron chi connectivity index (χ1n) is 6.24. The molecule has 2 rings (SSSR count). The van der Waals surface area contributed by atoms with Crippen molar-refractivity contribution in [2.75, 3.05) is 19.5 Å². The summed E-state index contributed by atoms with van der Waals surface area (Å²) in [5.74, 6) is -2.08. The monoisotopic (exact) mass is 401 g/mol. The summed E-state index contributed by atoms with van der Waals surface area (Å²) in [5, 5.41) is 16.4. The van der Waals surface area contributed by atoms with Crippen LogP contribution < -0.4 is 40.6 Å². The molecule has 15 heteroatoms. The van der Waals surface area contributed by atoms with Crippen LogP contribution in [0.1, 0.15) is 5.69 Å². The van der Waals surface area contributed by atoms with Crippen LogP contribution in [0.3, 0.4) is 0 Å². The van der Waals surface area contributed by atoms with E-state index in [2.05, 4.69) is 20.3 Å². The van der Waals surface area contributed by atoms with E-state index in [1.54, 1.807) is 0 Å². The number of aliphatic hydroxyl groups excluding tert-OH is 1. The van der Waals surface area contributed by atoms with Crippen molar-refractivity contribution in [3.05, 3.63) is 11.1 Å². The van der Waals surface area contributed by atoms with Gasteiger partial charge in [0.25, 0.3) is 11.8 Å². The number of hydrogen-bond donors (Lipinski definition) is 3. The maximum absolute atomic E-state index is 12.2. The number of hydrogen-bond acceptors (Lipinski definition) is 11. The number of aromatic nitrogens is 1. The van der Waals surface area contributed by atoms with Gasteiger partial charge in [0.15, 0.2) is 21.1 Å². The zero-order valence-electron chi connectivity index (χ0n) is 13.1. The Morgan fingerprint density at radius 1 is 1.64 bits per heavy atom. The molecule has 0 aliphatic carbocycles. The third kappa shape index (κ3) is 4.46. The predicted octanol–water partition coefficient (Wildman–Crippen LogP) is -5.77. The van der Waals surface area contributed by atoms with E-state index in [-0.39, 0.29) is 50.4 Å². The van der Waals surface area contributed by atoms with Gasteiger partial charge >= 0.3 is 29.6 Å². The quantitative estimate of drug-likeness (QED) is 0.137. The number of carbonyl (C=O) groups is 2. The number of nitrogen functional groups attached to an aromatic ring is 1. The fourth-order valence-electron chi connectivity index (χ4n) is 2.03. The fourth-order valence-corrected chi connectivity index (χ4v) is 3.44. The van der Waals surface area contributed by atoms with E-state index in [9.17, 15) is 22.6 Å². The number of amides is 2. The van der Waals surface area contributed by atoms with Crippen LogP contribution >= 0.6 is 11.3 Å². The Balaban J connectivity index is 0.00000312. The minimum atomic E-state index is -5.08. The molecule has 12 nitrogen and oxygen atoms in total. The van der Waals surface area contributed by atoms with Gasteiger partial charge < -0.3 is 25.5 Å². The molecule has 25 heavy (non-hydrogen) atoms. The molecule has 0 saturated carbocycles. The summed E-state index contributed by atoms with van der Waals surface area (Å²) in [6, 6.07) is -2.79. The third-order valence-corrected chi connectivity index (χ3v) is 4.65. The normalized spacial score (nSPS) is 20.5. The van der Waals surface area contributed by atoms with Crippen molar-refractivity contribution in [3.63, 3.8) is 0 Å². The summed E-state index contributed by atoms with van der Waals surface area (Å²) in [7, 11) is -3.90. The van der Waals surface area contributed by atoms with Gasteiger partial charge in [-0.05, 0) is 0 Å². The number of anilines is 1. The smallest absolute Gasteiger partial charge is 0.731 e. The summed E-state index contributed by atoms with van der Waals surface area (Å²) in [4.78, 5) is 32.4. The van der Waals surface area contributed by atoms with Crippen LogP contribution in [0.15, 0.2) is 10.5 Å². The molecule has 1 aromatic heterocycles. The minimum absolute atomic E-state index is 0. The van der Waals surface area contributed by atoms with E-state index in [1.807, 2.05) is 0 Å². The second-order valence-electron chi connectivity index (χ2n) is 4.49. The average molecular weight is 401 g/mol. The maximum Gasteiger partial charge on any atom is 1.00 e. The van der Waals surface area contributed by atoms with Gasteiger partial charge in [-0.2, -0.15) is 0 Å². The molecule has 1 saturated heterocycles. The van der Waals surface area contributed by atoms with Crippen LogP contribution in [0.5, 0.6) is 0 Å². The van der Waals surface area contributed by atoms with Crippen LogP contribution in [0, 0.1) is 0 Å². The zero-order chi connectivity index (χ0) is 18.1. The molecule has 0 aromatic carbocycles. The van der Waals surface area contributed by atoms with Crippen molar-refractivity contribution in [1.29, 1.82) is 0 Å². The first-order chi connectivity index (χ1) is 11.2. The molecule has 2 amide bonds. The molecule has 1 fully saturated rings. The minimum Gasteiger partial charge on any atom is -0.731 e. The number of carbonyl (C=O) groups excluding carboxylic acids is 2. The van der Waals surface area contributed by atoms with E-state index in [4.69, 9.17) is 10.8 Å². The topological polar surface area (TPSA) is 187 Å². The first-order valence-corrected chi connectivity index (χ1v) is 8.48. The second kappa shape index (κ2) is 8.39. The van der Waals surface area contributed by atoms with Gasteiger partial charge in [-0.15, -0.1) is 11.3 Å². The Hall–Kier alpha value is -1.29. The molecule has 0 radical (unpaired) electrons. The molecule has 0 unspecified atom stereocenters. The maximum atomic E-state index is 12.2. The SMILES string of the molecule is CON=C(C(=O)N[C@@H]1C(=O)N(S(=O)(=O)[O-])[C@@H]1CO)c1csc(N)n1.[Na+]. The standard InChI is InChI=1S/C10H13N5O7S2.Na/c1-22-14-6(4-3-23-10(11)12-4)8(17)13-7-5(2-16)15(9(7)18)24(19,20)21;/h3,5,7,16H,2H2,1H3,(H2,11,12)(H,13,17)(H,19,20,21);/q;+1/p-1/t5-,7+;/m1./s1. The number of β-lactam (4-membered cyclic amide) rings is 1. The Bertz CT molecular complexity index is 795. The molecule has 0 spiro atoms. The van der Waals surface area contributed by atoms with Gasteiger partial charge in [-0.3, -0.25) is 9.59 Å². The van der Waals surface area contributed by atoms with E-state index < -0.39 is 40.8 Å². The molecular weight excluding hydrogens is 389 g/mol. The summed E-state index contributed by atoms with van der Waals surface area (Å²) < 4.78 is 32.8. The van der Waals surface area contributed by atoms with Crippen LogP contribution in [0.2, 0.25) is 0 Å². The molecule has 0 bridgehead atoms. The zero-order valence-corrected chi connectivity index (χ0v) is 16.7. The molecular formula is C10H12N5NaO7S2. The van der Waals surface area contributed by atoms with Crippen molar-refractivity contribution in [3.8, 4) is 0 Å². The second-order valence-corrected chi connectivity index (χ2v) is 6.62. The number of oxime groups is 1. The van der Waals surface area contributed by atoms with Gasteiger partial charge in [0.2, 0.25) is 0 Å². The Morgan fingerprint density at radius 2 is 2.28 bits per heavy atom. The Kier molecular flexibility index (Phi) is 7.30. The molecule has 1 aromatic rings. The van der Waals surface area contributed by atoms with Crippen molar-refractivity contribution >= 4 is 44.3 Å². The molecule has 2 atom stereocenters. The van der Waals surface area contributed by atoms with Crippen molar-refractivity contribution in [2.45, 2.75) is 12.1 Å². The van der Waals surface area contributed by atoms with Gasteiger partial charge in [0, 0.05) is 5.38 Å². The van der Waals surface area contributed by atoms with Crippen LogP contribution in [0.25, 0.3) is 0 Å². The fraction of sp³-hybridized carbons (Fsp3) is 0.400. The van der Waals surface area contributed by atoms with Crippen LogP contribution in [-0.2, 0) is 24.7 Å². The summed E-state index contributed by atoms with van der Waals surface area (Å²) in [6.45, 7) is -0.835. The average Bonchev–Trinajstić information content (AvgIpc) is 2.91. The Morgan fingerprint density at radius 3 is 2.72 bits per heavy atom. The first kappa shape index (κ1) is 21.8. The van der Waals surface area contributed by atoms with E-state index >= 15 is 0 Å². The van der Waals surface area contributed by atoms with E-state index in [0.29, 0.717) is 0 Å². The summed E-state index contributed by atoms with van der Waals surface area (Å²) >= 11 is 1.04. The summed E-state index contributed by atoms with van der Waals surface area (Å²) in [6.07, 6.45) is 0. The van der Waals surface area contributed by atoms with Gasteiger partial charge in [0.1, 0.15) is 18.8 Å². The molecule has 2 heterocycles. The van der Waals surface area contributed by atoms with Gasteiger partial charge in [0.05, 0.1) is 12.6 Å². The molecule has 1 aliphatic heterocycles. The molecule has 4 N–H and O–H groups in total. The largest absolute Gasteiger partial charge is 1.00 e. The van der Waals surface area contributed by atoms with E-state index in [0.717, 1.165) is 11.3 Å². The molecule has 1 aliphatic rings. The van der Waals surface area contributed by atoms with Crippen molar-refractivity contribution in [1.82, 2.24) is 14.6 Å². The number of nitrogens with one attached hydrogen (secondary N) is 1. The Labute approximate surface area is 168 Å². The number of aliphatic hydroxyl groups is 1. The van der Waals surface area contributed by atoms with Crippen molar-refractivity contribution < 1.29 is 62.1 Å². The number of nitrogens with zero attached hydrogens (tertiary/aromatic N) is 3. The van der Waals surface area contributed by atoms with Crippen LogP contribution in [0.4, 0.5) is 5.13 Å². The van der Waals surface area contributed by atoms with Crippen molar-refractivity contribution in [2.24, 2.45) is 5.16 Å². The molecule has 132 valence electrons. The van der Waals surface area contributed by atoms with E-state index in [1.165, 1.54) is 12.5 Å². The predicted molar refractivity (Wildman–Crippen MR) is 79.4 cm³/mol. The third-order valence-electron chi connectivity index (χ3n) is 3.05. The number of rotatable bonds is 6. The summed E-state index contributed by atoms with van der Waals surface area (Å²) in [5.41, 5.74) is 5.24. The number of thiazole rings is 1. The number of nitrogens with two attached hydrogens (primary N) is 1.